The summed E-state index contributed by atoms with van der Waals surface area (Å²) in [5, 5.41) is 20.9. The van der Waals surface area contributed by atoms with Crippen LogP contribution in [0.25, 0.3) is 0 Å². The summed E-state index contributed by atoms with van der Waals surface area (Å²) in [5.41, 5.74) is 0.0842. The molecule has 15 heavy (non-hydrogen) atoms. The largest absolute Gasteiger partial charge is 0.396 e. The molecule has 86 valence electrons. The average Bonchev–Trinajstić information content (AvgIpc) is 2.49. The molecular formula is C9H16BrN3OS. The molecule has 1 aromatic rings. The number of hydrogen-bond acceptors (Lipinski definition) is 5. The fourth-order valence-electron chi connectivity index (χ4n) is 1.26. The van der Waals surface area contributed by atoms with Gasteiger partial charge in [-0.05, 0) is 27.8 Å². The van der Waals surface area contributed by atoms with Gasteiger partial charge >= 0.3 is 0 Å². The molecule has 1 aromatic heterocycles. The molecule has 0 aliphatic carbocycles. The summed E-state index contributed by atoms with van der Waals surface area (Å²) in [7, 11) is 0. The van der Waals surface area contributed by atoms with E-state index in [1.807, 2.05) is 0 Å². The summed E-state index contributed by atoms with van der Waals surface area (Å²) < 4.78 is 0.765. The van der Waals surface area contributed by atoms with Crippen molar-refractivity contribution in [3.05, 3.63) is 3.92 Å². The molecule has 1 atom stereocenters. The zero-order valence-electron chi connectivity index (χ0n) is 9.12. The highest BCUT2D eigenvalue weighted by molar-refractivity contribution is 9.11. The van der Waals surface area contributed by atoms with Crippen LogP contribution in [0.4, 0.5) is 5.13 Å². The maximum atomic E-state index is 9.00. The zero-order chi connectivity index (χ0) is 11.5. The maximum absolute atomic E-state index is 9.00. The van der Waals surface area contributed by atoms with Crippen molar-refractivity contribution in [1.29, 1.82) is 0 Å². The number of nitrogens with zero attached hydrogens (tertiary/aromatic N) is 2. The van der Waals surface area contributed by atoms with Gasteiger partial charge in [-0.25, -0.2) is 0 Å². The van der Waals surface area contributed by atoms with E-state index in [1.165, 1.54) is 11.3 Å². The molecule has 2 N–H and O–H groups in total. The SMILES string of the molecule is CC(C)(C)C(CCO)Nc1nnc(Br)s1. The lowest BCUT2D eigenvalue weighted by Gasteiger charge is -2.30. The Balaban J connectivity index is 2.66. The fraction of sp³-hybridized carbons (Fsp3) is 0.778. The highest BCUT2D eigenvalue weighted by Gasteiger charge is 2.24. The van der Waals surface area contributed by atoms with Crippen LogP contribution in [-0.2, 0) is 0 Å². The minimum atomic E-state index is 0.0842. The van der Waals surface area contributed by atoms with Gasteiger partial charge in [-0.2, -0.15) is 0 Å². The lowest BCUT2D eigenvalue weighted by molar-refractivity contribution is 0.235. The quantitative estimate of drug-likeness (QED) is 0.896. The molecule has 0 aromatic carbocycles. The number of aromatic nitrogens is 2. The highest BCUT2D eigenvalue weighted by Crippen LogP contribution is 2.28. The van der Waals surface area contributed by atoms with Crippen LogP contribution in [0.3, 0.4) is 0 Å². The summed E-state index contributed by atoms with van der Waals surface area (Å²) in [6.07, 6.45) is 0.709. The number of aliphatic hydroxyl groups is 1. The number of anilines is 1. The van der Waals surface area contributed by atoms with Gasteiger partial charge in [0.1, 0.15) is 0 Å². The maximum Gasteiger partial charge on any atom is 0.206 e. The molecule has 6 heteroatoms. The van der Waals surface area contributed by atoms with Gasteiger partial charge in [0.15, 0.2) is 3.92 Å². The second-order valence-electron chi connectivity index (χ2n) is 4.44. The minimum Gasteiger partial charge on any atom is -0.396 e. The molecule has 0 saturated carbocycles. The van der Waals surface area contributed by atoms with Crippen molar-refractivity contribution in [1.82, 2.24) is 10.2 Å². The summed E-state index contributed by atoms with van der Waals surface area (Å²) in [4.78, 5) is 0. The predicted octanol–water partition coefficient (Wildman–Crippen LogP) is 2.51. The van der Waals surface area contributed by atoms with E-state index in [0.29, 0.717) is 6.42 Å². The first-order chi connectivity index (χ1) is 6.93. The van der Waals surface area contributed by atoms with Crippen molar-refractivity contribution >= 4 is 32.4 Å². The van der Waals surface area contributed by atoms with Crippen molar-refractivity contribution in [2.45, 2.75) is 33.2 Å². The molecule has 0 saturated heterocycles. The standard InChI is InChI=1S/C9H16BrN3OS/c1-9(2,3)6(4-5-14)11-8-13-12-7(10)15-8/h6,14H,4-5H2,1-3H3,(H,11,13). The summed E-state index contributed by atoms with van der Waals surface area (Å²) in [5.74, 6) is 0. The third-order valence-corrected chi connectivity index (χ3v) is 3.45. The van der Waals surface area contributed by atoms with Gasteiger partial charge in [-0.3, -0.25) is 0 Å². The van der Waals surface area contributed by atoms with Crippen LogP contribution in [0.5, 0.6) is 0 Å². The Morgan fingerprint density at radius 1 is 1.47 bits per heavy atom. The van der Waals surface area contributed by atoms with Crippen LogP contribution >= 0.6 is 27.3 Å². The molecule has 0 spiro atoms. The molecule has 1 unspecified atom stereocenters. The number of halogens is 1. The Labute approximate surface area is 102 Å². The third-order valence-electron chi connectivity index (χ3n) is 2.16. The molecule has 0 aliphatic heterocycles. The van der Waals surface area contributed by atoms with E-state index >= 15 is 0 Å². The Kier molecular flexibility index (Phi) is 4.48. The summed E-state index contributed by atoms with van der Waals surface area (Å²) in [6.45, 7) is 6.58. The Morgan fingerprint density at radius 3 is 2.53 bits per heavy atom. The number of aliphatic hydroxyl groups excluding tert-OH is 1. The van der Waals surface area contributed by atoms with E-state index < -0.39 is 0 Å². The van der Waals surface area contributed by atoms with E-state index in [9.17, 15) is 0 Å². The first kappa shape index (κ1) is 12.9. The lowest BCUT2D eigenvalue weighted by atomic mass is 9.85. The van der Waals surface area contributed by atoms with Gasteiger partial charge in [0.25, 0.3) is 0 Å². The van der Waals surface area contributed by atoms with Gasteiger partial charge in [0.05, 0.1) is 0 Å². The molecule has 0 aliphatic rings. The van der Waals surface area contributed by atoms with Crippen LogP contribution in [0, 0.1) is 5.41 Å². The van der Waals surface area contributed by atoms with E-state index in [0.717, 1.165) is 9.05 Å². The molecule has 1 rings (SSSR count). The van der Waals surface area contributed by atoms with Crippen molar-refractivity contribution in [3.8, 4) is 0 Å². The van der Waals surface area contributed by atoms with Crippen molar-refractivity contribution < 1.29 is 5.11 Å². The van der Waals surface area contributed by atoms with Gasteiger partial charge < -0.3 is 10.4 Å². The minimum absolute atomic E-state index is 0.0842. The molecule has 1 heterocycles. The van der Waals surface area contributed by atoms with E-state index in [-0.39, 0.29) is 18.1 Å². The van der Waals surface area contributed by atoms with E-state index in [4.69, 9.17) is 5.11 Å². The molecule has 0 bridgehead atoms. The van der Waals surface area contributed by atoms with Crippen LogP contribution in [0.2, 0.25) is 0 Å². The Hall–Kier alpha value is -0.200. The van der Waals surface area contributed by atoms with Gasteiger partial charge in [-0.15, -0.1) is 10.2 Å². The van der Waals surface area contributed by atoms with Crippen LogP contribution < -0.4 is 5.32 Å². The highest BCUT2D eigenvalue weighted by atomic mass is 79.9. The summed E-state index contributed by atoms with van der Waals surface area (Å²) in [6, 6.07) is 0.197. The second-order valence-corrected chi connectivity index (χ2v) is 6.69. The Morgan fingerprint density at radius 2 is 2.13 bits per heavy atom. The fourth-order valence-corrected chi connectivity index (χ4v) is 2.33. The van der Waals surface area contributed by atoms with Gasteiger partial charge in [0.2, 0.25) is 5.13 Å². The monoisotopic (exact) mass is 293 g/mol. The molecular weight excluding hydrogens is 278 g/mol. The first-order valence-electron chi connectivity index (χ1n) is 4.80. The predicted molar refractivity (Wildman–Crippen MR) is 66.2 cm³/mol. The first-order valence-corrected chi connectivity index (χ1v) is 6.41. The van der Waals surface area contributed by atoms with Crippen LogP contribution in [0.15, 0.2) is 3.92 Å². The number of rotatable bonds is 4. The van der Waals surface area contributed by atoms with Crippen LogP contribution in [-0.4, -0.2) is 28.0 Å². The van der Waals surface area contributed by atoms with Crippen LogP contribution in [0.1, 0.15) is 27.2 Å². The van der Waals surface area contributed by atoms with E-state index in [1.54, 1.807) is 0 Å². The average molecular weight is 294 g/mol. The molecule has 0 radical (unpaired) electrons. The van der Waals surface area contributed by atoms with Crippen molar-refractivity contribution in [3.63, 3.8) is 0 Å². The normalized spacial score (nSPS) is 13.9. The van der Waals surface area contributed by atoms with Gasteiger partial charge in [-0.1, -0.05) is 32.1 Å². The smallest absolute Gasteiger partial charge is 0.206 e. The van der Waals surface area contributed by atoms with Crippen molar-refractivity contribution in [2.24, 2.45) is 5.41 Å². The molecule has 0 amide bonds. The molecule has 4 nitrogen and oxygen atoms in total. The Bertz CT molecular complexity index is 311. The topological polar surface area (TPSA) is 58.0 Å². The van der Waals surface area contributed by atoms with E-state index in [2.05, 4.69) is 52.2 Å². The lowest BCUT2D eigenvalue weighted by Crippen LogP contribution is -2.34. The zero-order valence-corrected chi connectivity index (χ0v) is 11.5. The van der Waals surface area contributed by atoms with Gasteiger partial charge in [0, 0.05) is 12.6 Å². The second kappa shape index (κ2) is 5.23. The number of hydrogen-bond donors (Lipinski definition) is 2. The molecule has 0 fully saturated rings. The van der Waals surface area contributed by atoms with Crippen molar-refractivity contribution in [2.75, 3.05) is 11.9 Å². The summed E-state index contributed by atoms with van der Waals surface area (Å²) >= 11 is 4.73. The third kappa shape index (κ3) is 4.04. The number of nitrogens with one attached hydrogen (secondary N) is 1.